The van der Waals surface area contributed by atoms with E-state index in [0.29, 0.717) is 34.1 Å². The molecule has 0 fully saturated rings. The number of nitrogens with one attached hydrogen (secondary N) is 2. The zero-order valence-corrected chi connectivity index (χ0v) is 23.0. The number of fused-ring (bicyclic) bond motifs is 1. The van der Waals surface area contributed by atoms with Crippen molar-refractivity contribution >= 4 is 40.3 Å². The summed E-state index contributed by atoms with van der Waals surface area (Å²) in [6.07, 6.45) is 0. The number of aryl methyl sites for hydroxylation is 3. The summed E-state index contributed by atoms with van der Waals surface area (Å²) >= 11 is 6.53. The molecule has 0 radical (unpaired) electrons. The van der Waals surface area contributed by atoms with Crippen LogP contribution in [0.5, 0.6) is 0 Å². The van der Waals surface area contributed by atoms with Crippen molar-refractivity contribution in [3.05, 3.63) is 102 Å². The van der Waals surface area contributed by atoms with Gasteiger partial charge in [0, 0.05) is 10.6 Å². The first-order chi connectivity index (χ1) is 17.9. The van der Waals surface area contributed by atoms with E-state index in [2.05, 4.69) is 10.6 Å². The molecule has 1 amide bonds. The van der Waals surface area contributed by atoms with E-state index < -0.39 is 10.9 Å². The van der Waals surface area contributed by atoms with E-state index in [1.54, 1.807) is 17.0 Å². The average molecular weight is 532 g/mol. The van der Waals surface area contributed by atoms with Crippen LogP contribution in [0.2, 0.25) is 5.02 Å². The molecule has 1 aliphatic rings. The number of halogens is 1. The van der Waals surface area contributed by atoms with Gasteiger partial charge in [-0.3, -0.25) is 14.4 Å². The van der Waals surface area contributed by atoms with Gasteiger partial charge in [-0.15, -0.1) is 0 Å². The van der Waals surface area contributed by atoms with Crippen LogP contribution in [0, 0.1) is 26.2 Å². The van der Waals surface area contributed by atoms with Gasteiger partial charge in [0.1, 0.15) is 22.9 Å². The van der Waals surface area contributed by atoms with E-state index in [1.807, 2.05) is 71.9 Å². The van der Waals surface area contributed by atoms with Crippen molar-refractivity contribution in [1.29, 1.82) is 0 Å². The Morgan fingerprint density at radius 1 is 0.921 bits per heavy atom. The lowest BCUT2D eigenvalue weighted by molar-refractivity contribution is 0.0997. The molecule has 7 nitrogen and oxygen atoms in total. The molecule has 3 aromatic carbocycles. The van der Waals surface area contributed by atoms with E-state index in [-0.39, 0.29) is 28.7 Å². The van der Waals surface area contributed by atoms with Gasteiger partial charge in [0.15, 0.2) is 0 Å². The molecule has 0 saturated heterocycles. The Bertz CT molecular complexity index is 1630. The maximum absolute atomic E-state index is 13.7. The van der Waals surface area contributed by atoms with Crippen molar-refractivity contribution < 1.29 is 9.21 Å². The monoisotopic (exact) mass is 531 g/mol. The molecule has 1 aromatic heterocycles. The predicted molar refractivity (Wildman–Crippen MR) is 152 cm³/mol. The van der Waals surface area contributed by atoms with E-state index in [0.717, 1.165) is 22.6 Å². The minimum Gasteiger partial charge on any atom is -0.464 e. The highest BCUT2D eigenvalue weighted by Gasteiger charge is 2.36. The Labute approximate surface area is 226 Å². The van der Waals surface area contributed by atoms with Gasteiger partial charge >= 0.3 is 0 Å². The molecule has 2 N–H and O–H groups in total. The van der Waals surface area contributed by atoms with Gasteiger partial charge in [0.25, 0.3) is 16.8 Å². The maximum Gasteiger partial charge on any atom is 0.261 e. The zero-order valence-electron chi connectivity index (χ0n) is 22.3. The minimum absolute atomic E-state index is 0.121. The number of amides is 1. The molecule has 5 rings (SSSR count). The quantitative estimate of drug-likeness (QED) is 0.274. The summed E-state index contributed by atoms with van der Waals surface area (Å²) in [5.74, 6) is 1.21. The van der Waals surface area contributed by atoms with Crippen molar-refractivity contribution in [3.63, 3.8) is 0 Å². The lowest BCUT2D eigenvalue weighted by Gasteiger charge is -2.31. The summed E-state index contributed by atoms with van der Waals surface area (Å²) in [5, 5.41) is 6.81. The van der Waals surface area contributed by atoms with E-state index in [4.69, 9.17) is 16.0 Å². The second kappa shape index (κ2) is 9.17. The summed E-state index contributed by atoms with van der Waals surface area (Å²) in [7, 11) is 0. The molecule has 38 heavy (non-hydrogen) atoms. The van der Waals surface area contributed by atoms with Crippen molar-refractivity contribution in [2.75, 3.05) is 15.5 Å². The molecule has 1 aliphatic heterocycles. The molecule has 2 heterocycles. The van der Waals surface area contributed by atoms with Gasteiger partial charge in [-0.2, -0.15) is 0 Å². The number of furan rings is 1. The van der Waals surface area contributed by atoms with Gasteiger partial charge in [-0.25, -0.2) is 0 Å². The van der Waals surface area contributed by atoms with Crippen LogP contribution < -0.4 is 26.4 Å². The van der Waals surface area contributed by atoms with E-state index in [9.17, 15) is 14.4 Å². The van der Waals surface area contributed by atoms with Crippen molar-refractivity contribution in [1.82, 2.24) is 0 Å². The van der Waals surface area contributed by atoms with Gasteiger partial charge in [-0.05, 0) is 61.6 Å². The normalized spacial score (nSPS) is 14.2. The molecule has 8 heteroatoms. The minimum atomic E-state index is -0.642. The third kappa shape index (κ3) is 4.21. The second-order valence-corrected chi connectivity index (χ2v) is 11.4. The van der Waals surface area contributed by atoms with E-state index in [1.165, 1.54) is 0 Å². The number of benzene rings is 2. The van der Waals surface area contributed by atoms with Crippen LogP contribution in [-0.4, -0.2) is 5.91 Å². The fourth-order valence-corrected chi connectivity index (χ4v) is 5.37. The molecule has 196 valence electrons. The van der Waals surface area contributed by atoms with Crippen LogP contribution in [0.25, 0.3) is 0 Å². The highest BCUT2D eigenvalue weighted by molar-refractivity contribution is 6.33. The van der Waals surface area contributed by atoms with E-state index >= 15 is 0 Å². The summed E-state index contributed by atoms with van der Waals surface area (Å²) in [6, 6.07) is 12.6. The summed E-state index contributed by atoms with van der Waals surface area (Å²) in [4.78, 5) is 40.8. The topological polar surface area (TPSA) is 91.6 Å². The average Bonchev–Trinajstić information content (AvgIpc) is 3.42. The summed E-state index contributed by atoms with van der Waals surface area (Å²) in [6.45, 7) is 12.2. The fraction of sp³-hybridized carbons (Fsp3) is 0.300. The Morgan fingerprint density at radius 3 is 2.18 bits per heavy atom. The molecule has 0 spiro atoms. The van der Waals surface area contributed by atoms with Crippen LogP contribution >= 0.6 is 11.6 Å². The number of hydrogen-bond acceptors (Lipinski definition) is 6. The van der Waals surface area contributed by atoms with Crippen molar-refractivity contribution in [2.45, 2.75) is 54.1 Å². The Balaban J connectivity index is 1.51. The van der Waals surface area contributed by atoms with Gasteiger partial charge in [0.05, 0.1) is 29.5 Å². The van der Waals surface area contributed by atoms with Crippen LogP contribution in [0.1, 0.15) is 65.4 Å². The fourth-order valence-electron chi connectivity index (χ4n) is 5.15. The van der Waals surface area contributed by atoms with Gasteiger partial charge in [-0.1, -0.05) is 50.6 Å². The lowest BCUT2D eigenvalue weighted by Crippen LogP contribution is -2.39. The van der Waals surface area contributed by atoms with Gasteiger partial charge in [0.2, 0.25) is 0 Å². The number of carbonyl (C=O) groups excluding carboxylic acids is 1. The van der Waals surface area contributed by atoms with Crippen LogP contribution in [0.15, 0.2) is 56.5 Å². The first kappa shape index (κ1) is 25.8. The molecular weight excluding hydrogens is 502 g/mol. The molecule has 0 unspecified atom stereocenters. The largest absolute Gasteiger partial charge is 0.464 e. The van der Waals surface area contributed by atoms with Crippen LogP contribution in [0.4, 0.5) is 22.7 Å². The Hall–Kier alpha value is -3.84. The molecular formula is C30H30ClN3O4. The smallest absolute Gasteiger partial charge is 0.261 e. The lowest BCUT2D eigenvalue weighted by atomic mass is 9.85. The number of rotatable bonds is 6. The first-order valence-corrected chi connectivity index (χ1v) is 12.9. The highest BCUT2D eigenvalue weighted by Crippen LogP contribution is 2.41. The molecule has 0 bridgehead atoms. The second-order valence-electron chi connectivity index (χ2n) is 11.0. The SMILES string of the molecule is Cc1ccc([C@H](Nc2c(Nc3ccc(Cl)c4c3C(=O)N(c3c(C)cccc3C)C4)c(=O)c2=O)C(C)(C)C)o1. The molecule has 0 saturated carbocycles. The number of anilines is 4. The Morgan fingerprint density at radius 2 is 1.58 bits per heavy atom. The zero-order chi connectivity index (χ0) is 27.5. The third-order valence-electron chi connectivity index (χ3n) is 7.11. The van der Waals surface area contributed by atoms with Crippen molar-refractivity contribution in [3.8, 4) is 0 Å². The molecule has 0 aliphatic carbocycles. The van der Waals surface area contributed by atoms with Crippen LogP contribution in [0.3, 0.4) is 0 Å². The number of para-hydroxylation sites is 1. The Kier molecular flexibility index (Phi) is 6.22. The molecule has 4 aromatic rings. The maximum atomic E-state index is 13.7. The number of carbonyl (C=O) groups is 1. The third-order valence-corrected chi connectivity index (χ3v) is 7.46. The number of nitrogens with zero attached hydrogens (tertiary/aromatic N) is 1. The highest BCUT2D eigenvalue weighted by atomic mass is 35.5. The summed E-state index contributed by atoms with van der Waals surface area (Å²) < 4.78 is 5.85. The number of hydrogen-bond donors (Lipinski definition) is 2. The first-order valence-electron chi connectivity index (χ1n) is 12.5. The molecule has 1 atom stereocenters. The van der Waals surface area contributed by atoms with Gasteiger partial charge < -0.3 is 20.0 Å². The standard InChI is InChI=1S/C30H30ClN3O4/c1-15-8-7-9-16(2)25(15)34-14-18-19(31)11-12-20(22(18)29(34)37)32-23-24(27(36)26(23)35)33-28(30(4,5)6)21-13-10-17(3)38-21/h7-13,28,32-33H,14H2,1-6H3/t28-/m0/s1. The van der Waals surface area contributed by atoms with Crippen molar-refractivity contribution in [2.24, 2.45) is 5.41 Å². The summed E-state index contributed by atoms with van der Waals surface area (Å²) in [5.41, 5.74) is 3.01. The predicted octanol–water partition coefficient (Wildman–Crippen LogP) is 6.56. The van der Waals surface area contributed by atoms with Crippen LogP contribution in [-0.2, 0) is 6.54 Å².